The standard InChI is InChI=1S/C19H29N5O3S2.HI/c1-20-19(21-8-14-29(26,27)23-10-12-28-13-11-23)22-15-16-4-6-17(7-5-16)24-9-2-3-18(24)25;/h4-7H,2-3,8-15H2,1H3,(H2,20,21,22);1H. The van der Waals surface area contributed by atoms with Gasteiger partial charge in [-0.1, -0.05) is 12.1 Å². The molecule has 0 bridgehead atoms. The summed E-state index contributed by atoms with van der Waals surface area (Å²) >= 11 is 1.79. The second-order valence-corrected chi connectivity index (χ2v) is 10.3. The van der Waals surface area contributed by atoms with Crippen LogP contribution in [0.4, 0.5) is 5.69 Å². The minimum atomic E-state index is -3.23. The molecular formula is C19H30IN5O3S2. The molecule has 0 aromatic heterocycles. The van der Waals surface area contributed by atoms with Crippen LogP contribution in [-0.4, -0.2) is 75.1 Å². The molecule has 168 valence electrons. The van der Waals surface area contributed by atoms with Crippen LogP contribution >= 0.6 is 35.7 Å². The van der Waals surface area contributed by atoms with Crippen molar-refractivity contribution in [2.24, 2.45) is 4.99 Å². The molecule has 0 saturated carbocycles. The average Bonchev–Trinajstić information content (AvgIpc) is 3.17. The van der Waals surface area contributed by atoms with Crippen LogP contribution < -0.4 is 15.5 Å². The van der Waals surface area contributed by atoms with Crippen LogP contribution in [0.2, 0.25) is 0 Å². The van der Waals surface area contributed by atoms with Crippen molar-refractivity contribution in [1.82, 2.24) is 14.9 Å². The molecule has 8 nitrogen and oxygen atoms in total. The first-order valence-corrected chi connectivity index (χ1v) is 12.7. The Morgan fingerprint density at radius 3 is 2.43 bits per heavy atom. The summed E-state index contributed by atoms with van der Waals surface area (Å²) in [5.74, 6) is 2.52. The summed E-state index contributed by atoms with van der Waals surface area (Å²) in [6.07, 6.45) is 1.54. The number of amides is 1. The molecule has 1 amide bonds. The van der Waals surface area contributed by atoms with Gasteiger partial charge in [0.05, 0.1) is 5.75 Å². The number of carbonyl (C=O) groups excluding carboxylic acids is 1. The lowest BCUT2D eigenvalue weighted by Crippen LogP contribution is -2.44. The van der Waals surface area contributed by atoms with E-state index in [1.807, 2.05) is 29.2 Å². The van der Waals surface area contributed by atoms with Gasteiger partial charge in [-0.15, -0.1) is 24.0 Å². The minimum Gasteiger partial charge on any atom is -0.355 e. The Kier molecular flexibility index (Phi) is 10.2. The summed E-state index contributed by atoms with van der Waals surface area (Å²) in [6, 6.07) is 7.89. The topological polar surface area (TPSA) is 94.1 Å². The highest BCUT2D eigenvalue weighted by Crippen LogP contribution is 2.21. The monoisotopic (exact) mass is 567 g/mol. The minimum absolute atomic E-state index is 0. The molecule has 0 spiro atoms. The van der Waals surface area contributed by atoms with Gasteiger partial charge < -0.3 is 15.5 Å². The maximum Gasteiger partial charge on any atom is 0.227 e. The molecule has 0 aliphatic carbocycles. The summed E-state index contributed by atoms with van der Waals surface area (Å²) in [4.78, 5) is 17.8. The molecule has 0 atom stereocenters. The second kappa shape index (κ2) is 12.1. The molecule has 1 aromatic carbocycles. The van der Waals surface area contributed by atoms with E-state index in [0.29, 0.717) is 38.6 Å². The maximum atomic E-state index is 12.4. The van der Waals surface area contributed by atoms with E-state index in [1.54, 1.807) is 23.1 Å². The first-order valence-electron chi connectivity index (χ1n) is 9.89. The number of anilines is 1. The maximum absolute atomic E-state index is 12.4. The van der Waals surface area contributed by atoms with Crippen molar-refractivity contribution in [3.05, 3.63) is 29.8 Å². The van der Waals surface area contributed by atoms with Gasteiger partial charge in [-0.25, -0.2) is 12.7 Å². The third kappa shape index (κ3) is 6.99. The van der Waals surface area contributed by atoms with Crippen molar-refractivity contribution in [2.75, 3.05) is 55.4 Å². The molecule has 3 rings (SSSR count). The second-order valence-electron chi connectivity index (χ2n) is 7.00. The Hall–Kier alpha value is -1.05. The third-order valence-corrected chi connectivity index (χ3v) is 7.84. The largest absolute Gasteiger partial charge is 0.355 e. The van der Waals surface area contributed by atoms with E-state index < -0.39 is 10.0 Å². The Bertz CT molecular complexity index is 827. The molecule has 2 heterocycles. The Morgan fingerprint density at radius 2 is 1.83 bits per heavy atom. The number of thioether (sulfide) groups is 1. The Labute approximate surface area is 200 Å². The van der Waals surface area contributed by atoms with Gasteiger partial charge in [0.1, 0.15) is 0 Å². The molecule has 30 heavy (non-hydrogen) atoms. The fraction of sp³-hybridized carbons (Fsp3) is 0.579. The zero-order chi connectivity index (χ0) is 20.7. The molecule has 0 unspecified atom stereocenters. The number of sulfonamides is 1. The lowest BCUT2D eigenvalue weighted by atomic mass is 10.2. The van der Waals surface area contributed by atoms with Crippen molar-refractivity contribution < 1.29 is 13.2 Å². The van der Waals surface area contributed by atoms with E-state index in [0.717, 1.165) is 35.7 Å². The lowest BCUT2D eigenvalue weighted by Gasteiger charge is -2.25. The predicted octanol–water partition coefficient (Wildman–Crippen LogP) is 1.48. The molecule has 11 heteroatoms. The van der Waals surface area contributed by atoms with Crippen LogP contribution in [0.1, 0.15) is 18.4 Å². The van der Waals surface area contributed by atoms with Gasteiger partial charge >= 0.3 is 0 Å². The van der Waals surface area contributed by atoms with Crippen molar-refractivity contribution in [1.29, 1.82) is 0 Å². The van der Waals surface area contributed by atoms with E-state index in [2.05, 4.69) is 15.6 Å². The molecule has 2 fully saturated rings. The summed E-state index contributed by atoms with van der Waals surface area (Å²) < 4.78 is 26.4. The van der Waals surface area contributed by atoms with Gasteiger partial charge in [-0.2, -0.15) is 11.8 Å². The summed E-state index contributed by atoms with van der Waals surface area (Å²) in [7, 11) is -1.57. The van der Waals surface area contributed by atoms with Crippen LogP contribution in [-0.2, 0) is 21.4 Å². The fourth-order valence-corrected chi connectivity index (χ4v) is 5.86. The Balaban J connectivity index is 0.00000320. The van der Waals surface area contributed by atoms with Crippen molar-refractivity contribution >= 4 is 63.3 Å². The van der Waals surface area contributed by atoms with Crippen LogP contribution in [0.15, 0.2) is 29.3 Å². The van der Waals surface area contributed by atoms with Crippen LogP contribution in [0.5, 0.6) is 0 Å². The number of rotatable bonds is 7. The van der Waals surface area contributed by atoms with Gasteiger partial charge in [-0.3, -0.25) is 9.79 Å². The predicted molar refractivity (Wildman–Crippen MR) is 134 cm³/mol. The smallest absolute Gasteiger partial charge is 0.227 e. The van der Waals surface area contributed by atoms with Crippen LogP contribution in [0.25, 0.3) is 0 Å². The van der Waals surface area contributed by atoms with Gasteiger partial charge in [0, 0.05) is 63.4 Å². The molecule has 0 radical (unpaired) electrons. The first-order chi connectivity index (χ1) is 14.0. The number of hydrogen-bond donors (Lipinski definition) is 2. The zero-order valence-corrected chi connectivity index (χ0v) is 21.1. The van der Waals surface area contributed by atoms with E-state index in [9.17, 15) is 13.2 Å². The first kappa shape index (κ1) is 25.2. The number of guanidine groups is 1. The van der Waals surface area contributed by atoms with E-state index in [4.69, 9.17) is 0 Å². The van der Waals surface area contributed by atoms with Crippen molar-refractivity contribution in [3.63, 3.8) is 0 Å². The molecule has 1 aromatic rings. The van der Waals surface area contributed by atoms with Crippen LogP contribution in [0.3, 0.4) is 0 Å². The molecule has 2 N–H and O–H groups in total. The summed E-state index contributed by atoms with van der Waals surface area (Å²) in [5.41, 5.74) is 1.99. The summed E-state index contributed by atoms with van der Waals surface area (Å²) in [5, 5.41) is 6.27. The number of nitrogens with one attached hydrogen (secondary N) is 2. The number of carbonyl (C=O) groups is 1. The number of aliphatic imine (C=N–C) groups is 1. The highest BCUT2D eigenvalue weighted by Gasteiger charge is 2.24. The van der Waals surface area contributed by atoms with E-state index in [-0.39, 0.29) is 35.6 Å². The quantitative estimate of drug-likeness (QED) is 0.295. The van der Waals surface area contributed by atoms with Crippen molar-refractivity contribution in [3.8, 4) is 0 Å². The number of benzene rings is 1. The molecule has 2 aliphatic heterocycles. The van der Waals surface area contributed by atoms with Crippen molar-refractivity contribution in [2.45, 2.75) is 19.4 Å². The highest BCUT2D eigenvalue weighted by atomic mass is 127. The highest BCUT2D eigenvalue weighted by molar-refractivity contribution is 14.0. The molecule has 2 saturated heterocycles. The van der Waals surface area contributed by atoms with Gasteiger partial charge in [-0.05, 0) is 24.1 Å². The van der Waals surface area contributed by atoms with Gasteiger partial charge in [0.25, 0.3) is 0 Å². The van der Waals surface area contributed by atoms with E-state index in [1.165, 1.54) is 0 Å². The lowest BCUT2D eigenvalue weighted by molar-refractivity contribution is -0.117. The van der Waals surface area contributed by atoms with Gasteiger partial charge in [0.15, 0.2) is 5.96 Å². The zero-order valence-electron chi connectivity index (χ0n) is 17.2. The average molecular weight is 568 g/mol. The SMILES string of the molecule is CN=C(NCCS(=O)(=O)N1CCSCC1)NCc1ccc(N2CCCC2=O)cc1.I. The normalized spacial score (nSPS) is 18.2. The Morgan fingerprint density at radius 1 is 1.13 bits per heavy atom. The number of halogens is 1. The fourth-order valence-electron chi connectivity index (χ4n) is 3.37. The third-order valence-electron chi connectivity index (χ3n) is 5.02. The van der Waals surface area contributed by atoms with Crippen LogP contribution in [0, 0.1) is 0 Å². The summed E-state index contributed by atoms with van der Waals surface area (Å²) in [6.45, 7) is 2.84. The molecular weight excluding hydrogens is 537 g/mol. The molecule has 2 aliphatic rings. The van der Waals surface area contributed by atoms with Gasteiger partial charge in [0.2, 0.25) is 15.9 Å². The number of nitrogens with zero attached hydrogens (tertiary/aromatic N) is 3. The number of hydrogen-bond acceptors (Lipinski definition) is 5. The van der Waals surface area contributed by atoms with E-state index >= 15 is 0 Å².